The lowest BCUT2D eigenvalue weighted by Gasteiger charge is -1.94. The molecule has 0 fully saturated rings. The maximum absolute atomic E-state index is 4.48. The zero-order valence-electron chi connectivity index (χ0n) is 8.01. The Bertz CT molecular complexity index is 445. The van der Waals surface area contributed by atoms with Crippen molar-refractivity contribution in [1.29, 1.82) is 0 Å². The largest absolute Gasteiger partial charge is 0.343 e. The highest BCUT2D eigenvalue weighted by atomic mass is 32.2. The summed E-state index contributed by atoms with van der Waals surface area (Å²) in [6, 6.07) is 4.19. The van der Waals surface area contributed by atoms with Crippen LogP contribution < -0.4 is 0 Å². The molecule has 0 unspecified atom stereocenters. The SMILES string of the molecule is CSc1ccc2c(C)c(C)[nH]c2n1. The van der Waals surface area contributed by atoms with Crippen LogP contribution in [0, 0.1) is 13.8 Å². The maximum atomic E-state index is 4.48. The number of nitrogens with one attached hydrogen (secondary N) is 1. The van der Waals surface area contributed by atoms with Gasteiger partial charge in [-0.15, -0.1) is 11.8 Å². The highest BCUT2D eigenvalue weighted by Gasteiger charge is 2.04. The summed E-state index contributed by atoms with van der Waals surface area (Å²) in [5, 5.41) is 2.30. The van der Waals surface area contributed by atoms with E-state index in [9.17, 15) is 0 Å². The van der Waals surface area contributed by atoms with E-state index in [-0.39, 0.29) is 0 Å². The number of pyridine rings is 1. The number of nitrogens with zero attached hydrogens (tertiary/aromatic N) is 1. The third-order valence-electron chi connectivity index (χ3n) is 2.35. The van der Waals surface area contributed by atoms with Crippen molar-refractivity contribution in [3.05, 3.63) is 23.4 Å². The van der Waals surface area contributed by atoms with Crippen LogP contribution in [-0.4, -0.2) is 16.2 Å². The summed E-state index contributed by atoms with van der Waals surface area (Å²) >= 11 is 1.67. The molecular weight excluding hydrogens is 180 g/mol. The molecule has 0 saturated carbocycles. The molecule has 0 radical (unpaired) electrons. The predicted molar refractivity (Wildman–Crippen MR) is 57.3 cm³/mol. The van der Waals surface area contributed by atoms with Gasteiger partial charge in [-0.2, -0.15) is 0 Å². The van der Waals surface area contributed by atoms with Gasteiger partial charge in [-0.05, 0) is 37.8 Å². The number of aryl methyl sites for hydroxylation is 2. The van der Waals surface area contributed by atoms with Crippen molar-refractivity contribution in [2.24, 2.45) is 0 Å². The molecule has 2 rings (SSSR count). The van der Waals surface area contributed by atoms with E-state index in [1.54, 1.807) is 11.8 Å². The summed E-state index contributed by atoms with van der Waals surface area (Å²) in [4.78, 5) is 7.76. The van der Waals surface area contributed by atoms with E-state index in [4.69, 9.17) is 0 Å². The van der Waals surface area contributed by atoms with E-state index >= 15 is 0 Å². The van der Waals surface area contributed by atoms with Gasteiger partial charge in [0.2, 0.25) is 0 Å². The lowest BCUT2D eigenvalue weighted by molar-refractivity contribution is 1.15. The minimum atomic E-state index is 1.00. The summed E-state index contributed by atoms with van der Waals surface area (Å²) in [7, 11) is 0. The van der Waals surface area contributed by atoms with Crippen molar-refractivity contribution < 1.29 is 0 Å². The Morgan fingerprint density at radius 3 is 2.77 bits per heavy atom. The Kier molecular flexibility index (Phi) is 2.04. The Morgan fingerprint density at radius 2 is 2.08 bits per heavy atom. The van der Waals surface area contributed by atoms with Crippen LogP contribution in [0.15, 0.2) is 17.2 Å². The highest BCUT2D eigenvalue weighted by molar-refractivity contribution is 7.98. The van der Waals surface area contributed by atoms with Crippen molar-refractivity contribution in [1.82, 2.24) is 9.97 Å². The molecule has 0 aliphatic carbocycles. The van der Waals surface area contributed by atoms with E-state index in [1.807, 2.05) is 6.26 Å². The summed E-state index contributed by atoms with van der Waals surface area (Å²) in [6.07, 6.45) is 2.04. The monoisotopic (exact) mass is 192 g/mol. The molecule has 0 amide bonds. The summed E-state index contributed by atoms with van der Waals surface area (Å²) in [5.41, 5.74) is 3.51. The Balaban J connectivity index is 2.73. The molecule has 13 heavy (non-hydrogen) atoms. The molecule has 0 aromatic carbocycles. The van der Waals surface area contributed by atoms with Gasteiger partial charge in [0.25, 0.3) is 0 Å². The molecule has 3 heteroatoms. The van der Waals surface area contributed by atoms with Gasteiger partial charge < -0.3 is 4.98 Å². The zero-order chi connectivity index (χ0) is 9.42. The fourth-order valence-corrected chi connectivity index (χ4v) is 1.81. The fraction of sp³-hybridized carbons (Fsp3) is 0.300. The number of thioether (sulfide) groups is 1. The van der Waals surface area contributed by atoms with Crippen molar-refractivity contribution in [3.8, 4) is 0 Å². The van der Waals surface area contributed by atoms with Crippen LogP contribution in [0.25, 0.3) is 11.0 Å². The molecule has 0 aliphatic rings. The number of rotatable bonds is 1. The highest BCUT2D eigenvalue weighted by Crippen LogP contribution is 2.22. The van der Waals surface area contributed by atoms with Crippen molar-refractivity contribution >= 4 is 22.8 Å². The predicted octanol–water partition coefficient (Wildman–Crippen LogP) is 2.90. The third-order valence-corrected chi connectivity index (χ3v) is 3.00. The second kappa shape index (κ2) is 3.07. The molecular formula is C10H12N2S. The minimum Gasteiger partial charge on any atom is -0.343 e. The van der Waals surface area contributed by atoms with Crippen molar-refractivity contribution in [2.45, 2.75) is 18.9 Å². The second-order valence-corrected chi connectivity index (χ2v) is 3.95. The maximum Gasteiger partial charge on any atom is 0.139 e. The van der Waals surface area contributed by atoms with Gasteiger partial charge in [-0.3, -0.25) is 0 Å². The first-order valence-electron chi connectivity index (χ1n) is 4.22. The molecule has 2 aromatic rings. The molecule has 0 atom stereocenters. The summed E-state index contributed by atoms with van der Waals surface area (Å²) in [5.74, 6) is 0. The molecule has 0 saturated heterocycles. The van der Waals surface area contributed by atoms with Crippen molar-refractivity contribution in [2.75, 3.05) is 6.26 Å². The number of H-pyrrole nitrogens is 1. The lowest BCUT2D eigenvalue weighted by Crippen LogP contribution is -1.79. The molecule has 0 bridgehead atoms. The first kappa shape index (κ1) is 8.63. The fourth-order valence-electron chi connectivity index (χ4n) is 1.43. The quantitative estimate of drug-likeness (QED) is 0.704. The number of aromatic nitrogens is 2. The third kappa shape index (κ3) is 1.33. The lowest BCUT2D eigenvalue weighted by atomic mass is 10.2. The number of fused-ring (bicyclic) bond motifs is 1. The first-order valence-corrected chi connectivity index (χ1v) is 5.45. The Labute approximate surface area is 81.8 Å². The van der Waals surface area contributed by atoms with E-state index in [0.717, 1.165) is 10.7 Å². The number of hydrogen-bond acceptors (Lipinski definition) is 2. The zero-order valence-corrected chi connectivity index (χ0v) is 8.83. The van der Waals surface area contributed by atoms with Gasteiger partial charge in [0.15, 0.2) is 0 Å². The normalized spacial score (nSPS) is 11.0. The van der Waals surface area contributed by atoms with E-state index < -0.39 is 0 Å². The minimum absolute atomic E-state index is 1.00. The Morgan fingerprint density at radius 1 is 1.31 bits per heavy atom. The second-order valence-electron chi connectivity index (χ2n) is 3.12. The summed E-state index contributed by atoms with van der Waals surface area (Å²) < 4.78 is 0. The average Bonchev–Trinajstić information content (AvgIpc) is 2.42. The van der Waals surface area contributed by atoms with Crippen molar-refractivity contribution in [3.63, 3.8) is 0 Å². The van der Waals surface area contributed by atoms with E-state index in [1.165, 1.54) is 16.6 Å². The molecule has 0 aliphatic heterocycles. The number of aromatic amines is 1. The van der Waals surface area contributed by atoms with Crippen LogP contribution in [0.4, 0.5) is 0 Å². The van der Waals surface area contributed by atoms with Crippen LogP contribution in [-0.2, 0) is 0 Å². The molecule has 1 N–H and O–H groups in total. The van der Waals surface area contributed by atoms with Gasteiger partial charge in [-0.25, -0.2) is 4.98 Å². The first-order chi connectivity index (χ1) is 6.22. The van der Waals surface area contributed by atoms with Gasteiger partial charge in [0, 0.05) is 11.1 Å². The standard InChI is InChI=1S/C10H12N2S/c1-6-7(2)11-10-8(6)4-5-9(12-10)13-3/h4-5H,1-3H3,(H,11,12). The smallest absolute Gasteiger partial charge is 0.139 e. The van der Waals surface area contributed by atoms with Crippen LogP contribution in [0.3, 0.4) is 0 Å². The topological polar surface area (TPSA) is 28.7 Å². The van der Waals surface area contributed by atoms with E-state index in [0.29, 0.717) is 0 Å². The van der Waals surface area contributed by atoms with Gasteiger partial charge in [0.1, 0.15) is 5.65 Å². The van der Waals surface area contributed by atoms with Gasteiger partial charge >= 0.3 is 0 Å². The van der Waals surface area contributed by atoms with Crippen LogP contribution in [0.2, 0.25) is 0 Å². The van der Waals surface area contributed by atoms with Gasteiger partial charge in [0.05, 0.1) is 5.03 Å². The molecule has 0 spiro atoms. The van der Waals surface area contributed by atoms with Crippen LogP contribution >= 0.6 is 11.8 Å². The van der Waals surface area contributed by atoms with E-state index in [2.05, 4.69) is 35.9 Å². The molecule has 2 aromatic heterocycles. The molecule has 2 heterocycles. The molecule has 2 nitrogen and oxygen atoms in total. The molecule has 68 valence electrons. The number of hydrogen-bond donors (Lipinski definition) is 1. The van der Waals surface area contributed by atoms with Crippen LogP contribution in [0.1, 0.15) is 11.3 Å². The van der Waals surface area contributed by atoms with Gasteiger partial charge in [-0.1, -0.05) is 0 Å². The average molecular weight is 192 g/mol. The Hall–Kier alpha value is -0.960. The summed E-state index contributed by atoms with van der Waals surface area (Å²) in [6.45, 7) is 4.20. The van der Waals surface area contributed by atoms with Crippen LogP contribution in [0.5, 0.6) is 0 Å².